The minimum atomic E-state index is -0.713. The van der Waals surface area contributed by atoms with Gasteiger partial charge in [0.2, 0.25) is 11.8 Å². The summed E-state index contributed by atoms with van der Waals surface area (Å²) in [5.41, 5.74) is 6.78. The maximum absolute atomic E-state index is 14.1. The molecule has 15 heteroatoms. The van der Waals surface area contributed by atoms with Gasteiger partial charge >= 0.3 is 6.01 Å². The van der Waals surface area contributed by atoms with Crippen molar-refractivity contribution in [3.8, 4) is 23.0 Å². The molecule has 0 unspecified atom stereocenters. The number of hydrogen-bond donors (Lipinski definition) is 3. The molecule has 3 fully saturated rings. The number of fused-ring (bicyclic) bond motifs is 4. The van der Waals surface area contributed by atoms with E-state index in [0.29, 0.717) is 55.1 Å². The lowest BCUT2D eigenvalue weighted by atomic mass is 9.87. The molecular weight excluding hydrogens is 718 g/mol. The number of aromatic nitrogens is 4. The van der Waals surface area contributed by atoms with Gasteiger partial charge < -0.3 is 25.0 Å². The maximum atomic E-state index is 14.1. The Kier molecular flexibility index (Phi) is 8.86. The predicted octanol–water partition coefficient (Wildman–Crippen LogP) is 4.38. The van der Waals surface area contributed by atoms with Gasteiger partial charge in [-0.3, -0.25) is 24.6 Å². The zero-order valence-electron chi connectivity index (χ0n) is 31.6. The molecule has 4 aromatic rings. The number of para-hydroxylation sites is 1. The number of nitrogens with one attached hydrogen (secondary N) is 2. The molecule has 14 nitrogen and oxygen atoms in total. The molecule has 3 saturated heterocycles. The molecule has 0 spiro atoms. The second kappa shape index (κ2) is 13.8. The number of nitrogens with zero attached hydrogens (tertiary/aromatic N) is 7. The van der Waals surface area contributed by atoms with Crippen LogP contribution in [0.25, 0.3) is 11.3 Å². The monoisotopic (exact) mass is 761 g/mol. The molecular formula is C41H44FN9O5. The highest BCUT2D eigenvalue weighted by Gasteiger charge is 2.47. The van der Waals surface area contributed by atoms with Gasteiger partial charge in [-0.05, 0) is 94.4 Å². The number of hydrogen-bond acceptors (Lipinski definition) is 12. The number of imide groups is 1. The number of benzene rings is 2. The number of ether oxygens (including phenoxy) is 1. The van der Waals surface area contributed by atoms with Crippen LogP contribution in [0.2, 0.25) is 0 Å². The standard InChI is InChI=1S/C41H44FN9O5/c1-22-30(20-49-13-11-24(12-14-49)25-7-8-26-18-50(39(55)29(26)15-25)33-9-10-35(52)46-38(33)54)23(2)45-40(44-22)56-27-17-41(3)21-43-37-34(51(41)19-27)16-32(47-48-37)28-5-4-6-31(42)36(28)53/h4-8,15-16,24,27,33,53H,9-14,17-21H2,1-3H3,(H,43,48)(H,46,52,54)/t27-,33+,41-/m1/s1. The van der Waals surface area contributed by atoms with E-state index in [1.165, 1.54) is 12.1 Å². The number of anilines is 2. The summed E-state index contributed by atoms with van der Waals surface area (Å²) < 4.78 is 20.6. The predicted molar refractivity (Wildman–Crippen MR) is 204 cm³/mol. The van der Waals surface area contributed by atoms with Crippen molar-refractivity contribution in [3.63, 3.8) is 0 Å². The van der Waals surface area contributed by atoms with Crippen LogP contribution in [-0.2, 0) is 22.7 Å². The molecule has 5 aliphatic rings. The SMILES string of the molecule is Cc1nc(O[C@H]2CN3c4cc(-c5cccc(F)c5O)nnc4NC[C@@]3(C)C2)nc(C)c1CN1CCC(c2ccc3c(c2)C(=O)N([C@H]2CCC(=O)NC2=O)C3)CC1. The summed E-state index contributed by atoms with van der Waals surface area (Å²) in [7, 11) is 0. The molecule has 7 heterocycles. The lowest BCUT2D eigenvalue weighted by molar-refractivity contribution is -0.136. The van der Waals surface area contributed by atoms with Gasteiger partial charge in [0, 0.05) is 60.6 Å². The first-order valence-electron chi connectivity index (χ1n) is 19.3. The Bertz CT molecular complexity index is 2260. The van der Waals surface area contributed by atoms with Gasteiger partial charge in [0.05, 0.1) is 23.5 Å². The first kappa shape index (κ1) is 36.0. The van der Waals surface area contributed by atoms with E-state index in [2.05, 4.69) is 43.6 Å². The van der Waals surface area contributed by atoms with Crippen molar-refractivity contribution < 1.29 is 28.6 Å². The average Bonchev–Trinajstić information content (AvgIpc) is 3.69. The first-order valence-corrected chi connectivity index (χ1v) is 19.3. The highest BCUT2D eigenvalue weighted by molar-refractivity contribution is 6.05. The third-order valence-corrected chi connectivity index (χ3v) is 12.3. The molecule has 0 bridgehead atoms. The van der Waals surface area contributed by atoms with Crippen molar-refractivity contribution in [2.24, 2.45) is 0 Å². The molecule has 0 radical (unpaired) electrons. The number of rotatable bonds is 7. The molecule has 290 valence electrons. The molecule has 3 atom stereocenters. The highest BCUT2D eigenvalue weighted by atomic mass is 19.1. The van der Waals surface area contributed by atoms with Crippen LogP contribution in [-0.4, -0.2) is 96.7 Å². The molecule has 0 aliphatic carbocycles. The number of aryl methyl sites for hydroxylation is 2. The van der Waals surface area contributed by atoms with E-state index in [4.69, 9.17) is 14.7 Å². The van der Waals surface area contributed by atoms with E-state index in [1.807, 2.05) is 32.0 Å². The normalized spacial score (nSPS) is 23.8. The van der Waals surface area contributed by atoms with Crippen LogP contribution in [0, 0.1) is 19.7 Å². The summed E-state index contributed by atoms with van der Waals surface area (Å²) in [6, 6.07) is 12.1. The summed E-state index contributed by atoms with van der Waals surface area (Å²) >= 11 is 0. The molecule has 9 rings (SSSR count). The topological polar surface area (TPSA) is 166 Å². The van der Waals surface area contributed by atoms with Crippen molar-refractivity contribution in [3.05, 3.63) is 81.9 Å². The van der Waals surface area contributed by atoms with Crippen LogP contribution in [0.4, 0.5) is 15.9 Å². The van der Waals surface area contributed by atoms with Gasteiger partial charge in [0.15, 0.2) is 17.4 Å². The van der Waals surface area contributed by atoms with Gasteiger partial charge in [0.1, 0.15) is 12.1 Å². The Hall–Kier alpha value is -5.70. The van der Waals surface area contributed by atoms with Crippen molar-refractivity contribution in [2.75, 3.05) is 36.4 Å². The average molecular weight is 762 g/mol. The number of aromatic hydroxyl groups is 1. The zero-order chi connectivity index (χ0) is 38.9. The van der Waals surface area contributed by atoms with Crippen LogP contribution in [0.5, 0.6) is 11.8 Å². The first-order chi connectivity index (χ1) is 26.9. The van der Waals surface area contributed by atoms with Crippen molar-refractivity contribution in [1.82, 2.24) is 35.3 Å². The lowest BCUT2D eigenvalue weighted by Crippen LogP contribution is -2.52. The Balaban J connectivity index is 0.826. The van der Waals surface area contributed by atoms with Crippen LogP contribution in [0.3, 0.4) is 0 Å². The second-order valence-corrected chi connectivity index (χ2v) is 16.0. The summed E-state index contributed by atoms with van der Waals surface area (Å²) in [6.45, 7) is 10.3. The number of carbonyl (C=O) groups excluding carboxylic acids is 3. The smallest absolute Gasteiger partial charge is 0.317 e. The van der Waals surface area contributed by atoms with Gasteiger partial charge in [0.25, 0.3) is 5.91 Å². The quantitative estimate of drug-likeness (QED) is 0.228. The largest absolute Gasteiger partial charge is 0.504 e. The Morgan fingerprint density at radius 1 is 1.00 bits per heavy atom. The molecule has 0 saturated carbocycles. The van der Waals surface area contributed by atoms with E-state index in [9.17, 15) is 23.9 Å². The Morgan fingerprint density at radius 2 is 1.79 bits per heavy atom. The fourth-order valence-electron chi connectivity index (χ4n) is 9.18. The molecule has 56 heavy (non-hydrogen) atoms. The lowest BCUT2D eigenvalue weighted by Gasteiger charge is -2.41. The highest BCUT2D eigenvalue weighted by Crippen LogP contribution is 2.44. The number of phenolic OH excluding ortho intramolecular Hbond substituents is 1. The third-order valence-electron chi connectivity index (χ3n) is 12.3. The van der Waals surface area contributed by atoms with Crippen LogP contribution >= 0.6 is 0 Å². The van der Waals surface area contributed by atoms with Gasteiger partial charge in [-0.2, -0.15) is 0 Å². The number of phenols is 1. The van der Waals surface area contributed by atoms with E-state index in [0.717, 1.165) is 72.7 Å². The van der Waals surface area contributed by atoms with Crippen LogP contribution < -0.4 is 20.3 Å². The minimum Gasteiger partial charge on any atom is -0.504 e. The third kappa shape index (κ3) is 6.36. The fourth-order valence-corrected chi connectivity index (χ4v) is 9.18. The maximum Gasteiger partial charge on any atom is 0.317 e. The zero-order valence-corrected chi connectivity index (χ0v) is 31.6. The van der Waals surface area contributed by atoms with Crippen molar-refractivity contribution in [2.45, 2.75) is 89.6 Å². The molecule has 3 N–H and O–H groups in total. The van der Waals surface area contributed by atoms with E-state index in [1.54, 1.807) is 11.0 Å². The van der Waals surface area contributed by atoms with E-state index in [-0.39, 0.29) is 35.4 Å². The Labute approximate surface area is 323 Å². The molecule has 2 aromatic carbocycles. The van der Waals surface area contributed by atoms with Gasteiger partial charge in [-0.1, -0.05) is 18.2 Å². The van der Waals surface area contributed by atoms with Crippen molar-refractivity contribution >= 4 is 29.2 Å². The minimum absolute atomic E-state index is 0.138. The summed E-state index contributed by atoms with van der Waals surface area (Å²) in [4.78, 5) is 53.4. The molecule has 2 aromatic heterocycles. The van der Waals surface area contributed by atoms with E-state index >= 15 is 0 Å². The fraction of sp³-hybridized carbons (Fsp3) is 0.439. The van der Waals surface area contributed by atoms with Gasteiger partial charge in [-0.15, -0.1) is 10.2 Å². The number of carbonyl (C=O) groups is 3. The Morgan fingerprint density at radius 3 is 2.55 bits per heavy atom. The summed E-state index contributed by atoms with van der Waals surface area (Å²) in [6.07, 6.45) is 3.03. The van der Waals surface area contributed by atoms with Crippen molar-refractivity contribution in [1.29, 1.82) is 0 Å². The number of piperidine rings is 2. The number of amides is 3. The molecule has 3 amide bonds. The number of halogens is 1. The summed E-state index contributed by atoms with van der Waals surface area (Å²) in [5, 5.41) is 24.7. The van der Waals surface area contributed by atoms with E-state index < -0.39 is 23.5 Å². The molecule has 5 aliphatic heterocycles. The van der Waals surface area contributed by atoms with Crippen LogP contribution in [0.15, 0.2) is 42.5 Å². The van der Waals surface area contributed by atoms with Gasteiger partial charge in [-0.25, -0.2) is 14.4 Å². The number of likely N-dealkylation sites (tertiary alicyclic amines) is 1. The second-order valence-electron chi connectivity index (χ2n) is 16.0. The van der Waals surface area contributed by atoms with Crippen LogP contribution in [0.1, 0.15) is 83.4 Å². The summed E-state index contributed by atoms with van der Waals surface area (Å²) in [5.74, 6) is -1.04.